The van der Waals surface area contributed by atoms with Gasteiger partial charge in [0.05, 0.1) is 0 Å². The molecule has 0 atom stereocenters. The lowest BCUT2D eigenvalue weighted by Gasteiger charge is -2.07. The van der Waals surface area contributed by atoms with Gasteiger partial charge in [-0.25, -0.2) is 4.39 Å². The molecule has 2 amide bonds. The van der Waals surface area contributed by atoms with Crippen LogP contribution in [0.25, 0.3) is 0 Å². The highest BCUT2D eigenvalue weighted by Crippen LogP contribution is 2.28. The molecule has 0 bridgehead atoms. The van der Waals surface area contributed by atoms with E-state index < -0.39 is 0 Å². The normalized spacial score (nSPS) is 13.9. The van der Waals surface area contributed by atoms with Crippen molar-refractivity contribution < 1.29 is 14.0 Å². The Bertz CT molecular complexity index is 513. The van der Waals surface area contributed by atoms with E-state index in [2.05, 4.69) is 10.6 Å². The van der Waals surface area contributed by atoms with Crippen LogP contribution in [0.15, 0.2) is 18.2 Å². The highest BCUT2D eigenvalue weighted by molar-refractivity contribution is 5.90. The van der Waals surface area contributed by atoms with E-state index in [0.717, 1.165) is 12.8 Å². The molecule has 5 heteroatoms. The molecule has 1 aromatic carbocycles. The molecule has 108 valence electrons. The maximum atomic E-state index is 13.3. The summed E-state index contributed by atoms with van der Waals surface area (Å²) in [5.74, 6) is -0.223. The molecule has 0 unspecified atom stereocenters. The summed E-state index contributed by atoms with van der Waals surface area (Å²) in [6, 6.07) is 4.61. The van der Waals surface area contributed by atoms with E-state index in [0.29, 0.717) is 30.6 Å². The fourth-order valence-corrected chi connectivity index (χ4v) is 1.84. The second-order valence-corrected chi connectivity index (χ2v) is 5.18. The number of rotatable bonds is 6. The van der Waals surface area contributed by atoms with Crippen molar-refractivity contribution in [3.63, 3.8) is 0 Å². The first-order valence-electron chi connectivity index (χ1n) is 6.90. The third-order valence-corrected chi connectivity index (χ3v) is 3.28. The fraction of sp³-hybridized carbons (Fsp3) is 0.467. The second kappa shape index (κ2) is 6.50. The van der Waals surface area contributed by atoms with Gasteiger partial charge in [0.1, 0.15) is 5.82 Å². The van der Waals surface area contributed by atoms with Crippen LogP contribution >= 0.6 is 0 Å². The number of hydrogen-bond acceptors (Lipinski definition) is 2. The largest absolute Gasteiger partial charge is 0.356 e. The molecule has 1 saturated carbocycles. The highest BCUT2D eigenvalue weighted by atomic mass is 19.1. The molecule has 0 saturated heterocycles. The summed E-state index contributed by atoms with van der Waals surface area (Å²) in [5, 5.41) is 5.44. The standard InChI is InChI=1S/C15H19FN2O2/c1-10-4-7-12(9-13(10)16)18-14(19)3-2-8-17-15(20)11-5-6-11/h4,7,9,11H,2-3,5-6,8H2,1H3,(H,17,20)(H,18,19). The van der Waals surface area contributed by atoms with Gasteiger partial charge in [-0.2, -0.15) is 0 Å². The minimum absolute atomic E-state index is 0.0889. The van der Waals surface area contributed by atoms with Crippen LogP contribution in [0.3, 0.4) is 0 Å². The summed E-state index contributed by atoms with van der Waals surface area (Å²) in [6.07, 6.45) is 2.84. The molecule has 1 aromatic rings. The summed E-state index contributed by atoms with van der Waals surface area (Å²) in [4.78, 5) is 23.0. The molecule has 20 heavy (non-hydrogen) atoms. The van der Waals surface area contributed by atoms with Crippen molar-refractivity contribution in [1.29, 1.82) is 0 Å². The van der Waals surface area contributed by atoms with Gasteiger partial charge in [-0.15, -0.1) is 0 Å². The Morgan fingerprint density at radius 3 is 2.75 bits per heavy atom. The molecule has 2 N–H and O–H groups in total. The SMILES string of the molecule is Cc1ccc(NC(=O)CCCNC(=O)C2CC2)cc1F. The quantitative estimate of drug-likeness (QED) is 0.785. The lowest BCUT2D eigenvalue weighted by Crippen LogP contribution is -2.26. The number of carbonyl (C=O) groups excluding carboxylic acids is 2. The second-order valence-electron chi connectivity index (χ2n) is 5.18. The zero-order chi connectivity index (χ0) is 14.5. The van der Waals surface area contributed by atoms with E-state index in [9.17, 15) is 14.0 Å². The number of carbonyl (C=O) groups is 2. The summed E-state index contributed by atoms with van der Waals surface area (Å²) < 4.78 is 13.3. The Morgan fingerprint density at radius 2 is 2.10 bits per heavy atom. The first kappa shape index (κ1) is 14.5. The Balaban J connectivity index is 1.66. The van der Waals surface area contributed by atoms with Crippen molar-refractivity contribution in [2.45, 2.75) is 32.6 Å². The van der Waals surface area contributed by atoms with Crippen LogP contribution in [0.1, 0.15) is 31.2 Å². The molecule has 2 rings (SSSR count). The van der Waals surface area contributed by atoms with Gasteiger partial charge in [-0.05, 0) is 43.9 Å². The predicted molar refractivity (Wildman–Crippen MR) is 74.7 cm³/mol. The molecule has 0 radical (unpaired) electrons. The zero-order valence-corrected chi connectivity index (χ0v) is 11.5. The van der Waals surface area contributed by atoms with Gasteiger partial charge in [-0.3, -0.25) is 9.59 Å². The third-order valence-electron chi connectivity index (χ3n) is 3.28. The van der Waals surface area contributed by atoms with Crippen LogP contribution in [0.5, 0.6) is 0 Å². The summed E-state index contributed by atoms with van der Waals surface area (Å²) >= 11 is 0. The first-order chi connectivity index (χ1) is 9.56. The smallest absolute Gasteiger partial charge is 0.224 e. The topological polar surface area (TPSA) is 58.2 Å². The highest BCUT2D eigenvalue weighted by Gasteiger charge is 2.28. The van der Waals surface area contributed by atoms with Crippen molar-refractivity contribution in [2.24, 2.45) is 5.92 Å². The molecule has 0 heterocycles. The van der Waals surface area contributed by atoms with Gasteiger partial charge < -0.3 is 10.6 Å². The Hall–Kier alpha value is -1.91. The number of amides is 2. The van der Waals surface area contributed by atoms with Crippen LogP contribution in [0.4, 0.5) is 10.1 Å². The lowest BCUT2D eigenvalue weighted by molar-refractivity contribution is -0.122. The Morgan fingerprint density at radius 1 is 1.35 bits per heavy atom. The van der Waals surface area contributed by atoms with Gasteiger partial charge in [0.25, 0.3) is 0 Å². The molecule has 0 aromatic heterocycles. The summed E-state index contributed by atoms with van der Waals surface area (Å²) in [7, 11) is 0. The predicted octanol–water partition coefficient (Wildman–Crippen LogP) is 2.38. The maximum Gasteiger partial charge on any atom is 0.224 e. The van der Waals surface area contributed by atoms with Crippen LogP contribution in [-0.2, 0) is 9.59 Å². The molecule has 1 aliphatic carbocycles. The lowest BCUT2D eigenvalue weighted by atomic mass is 10.2. The third kappa shape index (κ3) is 4.33. The molecular formula is C15H19FN2O2. The van der Waals surface area contributed by atoms with E-state index in [-0.39, 0.29) is 23.5 Å². The number of anilines is 1. The van der Waals surface area contributed by atoms with Crippen molar-refractivity contribution >= 4 is 17.5 Å². The minimum atomic E-state index is -0.334. The number of aryl methyl sites for hydroxylation is 1. The van der Waals surface area contributed by atoms with Crippen molar-refractivity contribution in [2.75, 3.05) is 11.9 Å². The van der Waals surface area contributed by atoms with E-state index in [1.54, 1.807) is 19.1 Å². The summed E-state index contributed by atoms with van der Waals surface area (Å²) in [6.45, 7) is 2.18. The molecular weight excluding hydrogens is 259 g/mol. The molecule has 1 fully saturated rings. The number of nitrogens with one attached hydrogen (secondary N) is 2. The first-order valence-corrected chi connectivity index (χ1v) is 6.90. The zero-order valence-electron chi connectivity index (χ0n) is 11.5. The minimum Gasteiger partial charge on any atom is -0.356 e. The number of hydrogen-bond donors (Lipinski definition) is 2. The Kier molecular flexibility index (Phi) is 4.71. The number of benzene rings is 1. The van der Waals surface area contributed by atoms with Gasteiger partial charge in [0, 0.05) is 24.6 Å². The molecule has 0 spiro atoms. The molecule has 0 aliphatic heterocycles. The van der Waals surface area contributed by atoms with Crippen molar-refractivity contribution in [3.05, 3.63) is 29.6 Å². The van der Waals surface area contributed by atoms with Crippen LogP contribution < -0.4 is 10.6 Å². The summed E-state index contributed by atoms with van der Waals surface area (Å²) in [5.41, 5.74) is 1.01. The average molecular weight is 278 g/mol. The van der Waals surface area contributed by atoms with E-state index >= 15 is 0 Å². The average Bonchev–Trinajstić information content (AvgIpc) is 3.23. The number of halogens is 1. The van der Waals surface area contributed by atoms with Gasteiger partial charge >= 0.3 is 0 Å². The maximum absolute atomic E-state index is 13.3. The van der Waals surface area contributed by atoms with E-state index in [1.165, 1.54) is 6.07 Å². The molecule has 4 nitrogen and oxygen atoms in total. The van der Waals surface area contributed by atoms with Crippen LogP contribution in [0.2, 0.25) is 0 Å². The van der Waals surface area contributed by atoms with Gasteiger partial charge in [0.15, 0.2) is 0 Å². The van der Waals surface area contributed by atoms with Gasteiger partial charge in [-0.1, -0.05) is 6.07 Å². The van der Waals surface area contributed by atoms with E-state index in [4.69, 9.17) is 0 Å². The van der Waals surface area contributed by atoms with Crippen LogP contribution in [-0.4, -0.2) is 18.4 Å². The van der Waals surface area contributed by atoms with Crippen LogP contribution in [0, 0.1) is 18.7 Å². The van der Waals surface area contributed by atoms with E-state index in [1.807, 2.05) is 0 Å². The Labute approximate surface area is 117 Å². The monoisotopic (exact) mass is 278 g/mol. The van der Waals surface area contributed by atoms with Gasteiger partial charge in [0.2, 0.25) is 11.8 Å². The van der Waals surface area contributed by atoms with Crippen molar-refractivity contribution in [1.82, 2.24) is 5.32 Å². The van der Waals surface area contributed by atoms with Crippen molar-refractivity contribution in [3.8, 4) is 0 Å². The fourth-order valence-electron chi connectivity index (χ4n) is 1.84. The molecule has 1 aliphatic rings.